The van der Waals surface area contributed by atoms with Crippen molar-refractivity contribution in [3.63, 3.8) is 0 Å². The van der Waals surface area contributed by atoms with Crippen molar-refractivity contribution in [3.8, 4) is 22.7 Å². The second-order valence-electron chi connectivity index (χ2n) is 8.41. The highest BCUT2D eigenvalue weighted by molar-refractivity contribution is 8.18. The third-order valence-corrected chi connectivity index (χ3v) is 6.76. The molecule has 0 bridgehead atoms. The van der Waals surface area contributed by atoms with E-state index in [4.69, 9.17) is 14.6 Å². The van der Waals surface area contributed by atoms with Crippen LogP contribution in [0.2, 0.25) is 0 Å². The number of ether oxygens (including phenoxy) is 2. The van der Waals surface area contributed by atoms with Gasteiger partial charge in [-0.2, -0.15) is 10.1 Å². The van der Waals surface area contributed by atoms with E-state index in [9.17, 15) is 4.79 Å². The van der Waals surface area contributed by atoms with Crippen molar-refractivity contribution in [1.29, 1.82) is 0 Å². The summed E-state index contributed by atoms with van der Waals surface area (Å²) in [5.74, 6) is 0.555. The molecule has 1 amide bonds. The second kappa shape index (κ2) is 9.48. The van der Waals surface area contributed by atoms with E-state index in [0.717, 1.165) is 46.5 Å². The Balaban J connectivity index is 1.49. The molecule has 5 rings (SSSR count). The zero-order valence-electron chi connectivity index (χ0n) is 19.3. The zero-order valence-corrected chi connectivity index (χ0v) is 20.2. The maximum atomic E-state index is 12.8. The van der Waals surface area contributed by atoms with E-state index in [1.165, 1.54) is 11.8 Å². The molecule has 0 aliphatic carbocycles. The van der Waals surface area contributed by atoms with Gasteiger partial charge in [-0.25, -0.2) is 4.68 Å². The number of rotatable bonds is 4. The minimum atomic E-state index is -0.222. The Hall–Kier alpha value is -3.36. The highest BCUT2D eigenvalue weighted by atomic mass is 32.2. The third kappa shape index (κ3) is 4.64. The van der Waals surface area contributed by atoms with E-state index >= 15 is 0 Å². The van der Waals surface area contributed by atoms with Crippen LogP contribution in [0.1, 0.15) is 19.4 Å². The molecule has 2 aromatic carbocycles. The summed E-state index contributed by atoms with van der Waals surface area (Å²) in [6, 6.07) is 17.7. The van der Waals surface area contributed by atoms with E-state index in [-0.39, 0.29) is 18.1 Å². The molecule has 1 saturated heterocycles. The molecular weight excluding hydrogens is 448 g/mol. The van der Waals surface area contributed by atoms with Gasteiger partial charge in [0.05, 0.1) is 35.6 Å². The van der Waals surface area contributed by atoms with Crippen molar-refractivity contribution in [2.24, 2.45) is 4.99 Å². The van der Waals surface area contributed by atoms with Gasteiger partial charge in [-0.15, -0.1) is 0 Å². The molecule has 1 fully saturated rings. The number of amidine groups is 1. The number of morpholine rings is 1. The van der Waals surface area contributed by atoms with Gasteiger partial charge in [0.2, 0.25) is 0 Å². The summed E-state index contributed by atoms with van der Waals surface area (Å²) in [5.41, 5.74) is 3.52. The summed E-state index contributed by atoms with van der Waals surface area (Å²) in [6.07, 6.45) is 4.04. The maximum Gasteiger partial charge on any atom is 0.286 e. The highest BCUT2D eigenvalue weighted by Gasteiger charge is 2.31. The Kier molecular flexibility index (Phi) is 6.26. The van der Waals surface area contributed by atoms with Crippen LogP contribution in [-0.4, -0.2) is 58.2 Å². The van der Waals surface area contributed by atoms with E-state index in [2.05, 4.69) is 9.89 Å². The van der Waals surface area contributed by atoms with Gasteiger partial charge < -0.3 is 14.4 Å². The molecule has 2 aliphatic rings. The topological polar surface area (TPSA) is 68.9 Å². The number of methoxy groups -OCH3 is 1. The minimum absolute atomic E-state index is 0.0981. The first-order chi connectivity index (χ1) is 16.5. The number of benzene rings is 2. The van der Waals surface area contributed by atoms with Gasteiger partial charge in [-0.3, -0.25) is 4.79 Å². The lowest BCUT2D eigenvalue weighted by molar-refractivity contribution is -0.113. The number of hydrogen-bond donors (Lipinski definition) is 0. The molecule has 34 heavy (non-hydrogen) atoms. The summed E-state index contributed by atoms with van der Waals surface area (Å²) < 4.78 is 13.0. The standard InChI is InChI=1S/C26H26N4O3S/c1-17-14-29(15-18(2)33-17)26-27-25(31)23(34-26)13-20-16-30(21-7-5-4-6-8-21)28-24(20)19-9-11-22(32-3)12-10-19/h4-13,16-18H,14-15H2,1-3H3/b23-13+. The summed E-state index contributed by atoms with van der Waals surface area (Å²) in [4.78, 5) is 19.9. The molecule has 2 atom stereocenters. The monoisotopic (exact) mass is 474 g/mol. The second-order valence-corrected chi connectivity index (χ2v) is 9.42. The summed E-state index contributed by atoms with van der Waals surface area (Å²) in [5, 5.41) is 5.58. The third-order valence-electron chi connectivity index (χ3n) is 5.71. The number of carbonyl (C=O) groups is 1. The van der Waals surface area contributed by atoms with Gasteiger partial charge in [0, 0.05) is 30.4 Å². The molecule has 174 valence electrons. The molecule has 8 heteroatoms. The van der Waals surface area contributed by atoms with Crippen molar-refractivity contribution < 1.29 is 14.3 Å². The van der Waals surface area contributed by atoms with E-state index < -0.39 is 0 Å². The number of hydrogen-bond acceptors (Lipinski definition) is 6. The predicted molar refractivity (Wildman–Crippen MR) is 135 cm³/mol. The number of amides is 1. The average Bonchev–Trinajstić information content (AvgIpc) is 3.43. The maximum absolute atomic E-state index is 12.8. The van der Waals surface area contributed by atoms with Crippen LogP contribution in [0.5, 0.6) is 5.75 Å². The average molecular weight is 475 g/mol. The first-order valence-corrected chi connectivity index (χ1v) is 12.0. The van der Waals surface area contributed by atoms with Gasteiger partial charge in [-0.1, -0.05) is 18.2 Å². The zero-order chi connectivity index (χ0) is 23.7. The van der Waals surface area contributed by atoms with Crippen molar-refractivity contribution in [3.05, 3.63) is 71.3 Å². The fourth-order valence-electron chi connectivity index (χ4n) is 4.19. The van der Waals surface area contributed by atoms with E-state index in [1.54, 1.807) is 7.11 Å². The molecule has 7 nitrogen and oxygen atoms in total. The number of para-hydroxylation sites is 1. The van der Waals surface area contributed by atoms with Crippen LogP contribution in [0.3, 0.4) is 0 Å². The van der Waals surface area contributed by atoms with Gasteiger partial charge in [-0.05, 0) is 68.1 Å². The Labute approximate surface area is 203 Å². The molecule has 2 aliphatic heterocycles. The molecule has 2 unspecified atom stereocenters. The Morgan fingerprint density at radius 2 is 1.76 bits per heavy atom. The van der Waals surface area contributed by atoms with Gasteiger partial charge in [0.15, 0.2) is 5.17 Å². The molecule has 0 spiro atoms. The number of thioether (sulfide) groups is 1. The lowest BCUT2D eigenvalue weighted by Crippen LogP contribution is -2.47. The van der Waals surface area contributed by atoms with Crippen LogP contribution in [0.15, 0.2) is 70.7 Å². The van der Waals surface area contributed by atoms with Gasteiger partial charge >= 0.3 is 0 Å². The van der Waals surface area contributed by atoms with Gasteiger partial charge in [0.25, 0.3) is 5.91 Å². The Bertz CT molecular complexity index is 1240. The van der Waals surface area contributed by atoms with Crippen LogP contribution in [0, 0.1) is 0 Å². The van der Waals surface area contributed by atoms with E-state index in [1.807, 2.05) is 85.4 Å². The molecule has 0 radical (unpaired) electrons. The fourth-order valence-corrected chi connectivity index (χ4v) is 5.11. The first kappa shape index (κ1) is 22.4. The molecule has 0 N–H and O–H groups in total. The smallest absolute Gasteiger partial charge is 0.286 e. The molecular formula is C26H26N4O3S. The molecule has 0 saturated carbocycles. The molecule has 1 aromatic heterocycles. The quantitative estimate of drug-likeness (QED) is 0.514. The van der Waals surface area contributed by atoms with Crippen LogP contribution in [-0.2, 0) is 9.53 Å². The lowest BCUT2D eigenvalue weighted by atomic mass is 10.1. The summed E-state index contributed by atoms with van der Waals surface area (Å²) in [7, 11) is 1.64. The van der Waals surface area contributed by atoms with E-state index in [0.29, 0.717) is 4.91 Å². The van der Waals surface area contributed by atoms with Crippen molar-refractivity contribution in [2.45, 2.75) is 26.1 Å². The molecule has 3 aromatic rings. The fraction of sp³-hybridized carbons (Fsp3) is 0.269. The SMILES string of the molecule is COc1ccc(-c2nn(-c3ccccc3)cc2/C=C2/SC(N3CC(C)OC(C)C3)=NC2=O)cc1. The minimum Gasteiger partial charge on any atom is -0.497 e. The van der Waals surface area contributed by atoms with Crippen LogP contribution >= 0.6 is 11.8 Å². The summed E-state index contributed by atoms with van der Waals surface area (Å²) >= 11 is 1.41. The number of aromatic nitrogens is 2. The Morgan fingerprint density at radius 1 is 1.06 bits per heavy atom. The number of nitrogens with zero attached hydrogens (tertiary/aromatic N) is 4. The van der Waals surface area contributed by atoms with Crippen LogP contribution in [0.25, 0.3) is 23.0 Å². The first-order valence-electron chi connectivity index (χ1n) is 11.2. The van der Waals surface area contributed by atoms with Gasteiger partial charge in [0.1, 0.15) is 5.75 Å². The lowest BCUT2D eigenvalue weighted by Gasteiger charge is -2.35. The van der Waals surface area contributed by atoms with Crippen molar-refractivity contribution in [2.75, 3.05) is 20.2 Å². The van der Waals surface area contributed by atoms with Crippen molar-refractivity contribution in [1.82, 2.24) is 14.7 Å². The van der Waals surface area contributed by atoms with Crippen LogP contribution in [0.4, 0.5) is 0 Å². The number of carbonyl (C=O) groups excluding carboxylic acids is 1. The summed E-state index contributed by atoms with van der Waals surface area (Å²) in [6.45, 7) is 5.53. The predicted octanol–water partition coefficient (Wildman–Crippen LogP) is 4.63. The Morgan fingerprint density at radius 3 is 2.44 bits per heavy atom. The normalized spacial score (nSPS) is 21.7. The number of aliphatic imine (C=N–C) groups is 1. The largest absolute Gasteiger partial charge is 0.497 e. The van der Waals surface area contributed by atoms with Crippen LogP contribution < -0.4 is 4.74 Å². The highest BCUT2D eigenvalue weighted by Crippen LogP contribution is 2.34. The van der Waals surface area contributed by atoms with Crippen molar-refractivity contribution >= 4 is 28.9 Å². The molecule has 3 heterocycles.